The normalized spacial score (nSPS) is 20.2. The molecule has 0 radical (unpaired) electrons. The molecule has 6 nitrogen and oxygen atoms in total. The van der Waals surface area contributed by atoms with E-state index in [1.165, 1.54) is 6.92 Å². The van der Waals surface area contributed by atoms with Gasteiger partial charge in [0.25, 0.3) is 0 Å². The first-order valence-corrected chi connectivity index (χ1v) is 19.2. The summed E-state index contributed by atoms with van der Waals surface area (Å²) in [5, 5.41) is 0. The van der Waals surface area contributed by atoms with E-state index in [1.807, 2.05) is 48.8 Å². The second-order valence-electron chi connectivity index (χ2n) is 7.26. The maximum absolute atomic E-state index is 12.8. The monoisotopic (exact) mass is 447 g/mol. The Hall–Kier alpha value is -1.21. The van der Waals surface area contributed by atoms with Crippen molar-refractivity contribution in [1.29, 1.82) is 0 Å². The summed E-state index contributed by atoms with van der Waals surface area (Å²) in [6.07, 6.45) is 0.630. The zero-order chi connectivity index (χ0) is 20.7. The number of ether oxygens (including phenoxy) is 2. The molecule has 0 bridgehead atoms. The third kappa shape index (κ3) is 6.14. The van der Waals surface area contributed by atoms with Gasteiger partial charge in [0.15, 0.2) is 0 Å². The molecular weight excluding hydrogens is 415 g/mol. The Morgan fingerprint density at radius 2 is 1.96 bits per heavy atom. The van der Waals surface area contributed by atoms with Crippen molar-refractivity contribution >= 4 is 47.9 Å². The van der Waals surface area contributed by atoms with E-state index in [2.05, 4.69) is 0 Å². The molecular formula is C19H32NO5P3. The van der Waals surface area contributed by atoms with Crippen LogP contribution in [-0.4, -0.2) is 41.0 Å². The first-order chi connectivity index (χ1) is 13.3. The maximum atomic E-state index is 12.8. The molecule has 1 saturated heterocycles. The standard InChI is InChI=1S/C19H32NO5P3/c1-13(2)18-16(9-10-24-14(3)21)20(19(18)23)28(27-26)12-17(22)25-11-15-7-5-4-6-8-15/h4-8,12-13,16,18,28H,9-11H2,1-3,27H3,26H4/t16-,18-/m1/s1. The van der Waals surface area contributed by atoms with Crippen LogP contribution < -0.4 is 0 Å². The van der Waals surface area contributed by atoms with Crippen LogP contribution in [0.3, 0.4) is 0 Å². The van der Waals surface area contributed by atoms with E-state index in [1.54, 1.807) is 5.80 Å². The van der Waals surface area contributed by atoms with Crippen LogP contribution in [0.1, 0.15) is 32.8 Å². The molecule has 1 unspecified atom stereocenters. The van der Waals surface area contributed by atoms with Gasteiger partial charge in [-0.3, -0.25) is 0 Å². The summed E-state index contributed by atoms with van der Waals surface area (Å²) >= 11 is 0. The number of benzene rings is 1. The second kappa shape index (κ2) is 11.1. The first kappa shape index (κ1) is 23.1. The molecule has 1 aliphatic rings. The minimum absolute atomic E-state index is 0.0495. The molecule has 28 heavy (non-hydrogen) atoms. The number of rotatable bonds is 9. The van der Waals surface area contributed by atoms with Gasteiger partial charge in [0.2, 0.25) is 0 Å². The van der Waals surface area contributed by atoms with Gasteiger partial charge >= 0.3 is 171 Å². The zero-order valence-electron chi connectivity index (χ0n) is 17.0. The Labute approximate surface area is 170 Å². The summed E-state index contributed by atoms with van der Waals surface area (Å²) in [5.41, 5.74) is 0.945. The molecule has 1 heterocycles. The molecule has 0 N–H and O–H groups in total. The zero-order valence-corrected chi connectivity index (χ0v) is 21.4. The van der Waals surface area contributed by atoms with Crippen LogP contribution in [0.4, 0.5) is 0 Å². The van der Waals surface area contributed by atoms with Crippen molar-refractivity contribution in [3.63, 3.8) is 0 Å². The summed E-state index contributed by atoms with van der Waals surface area (Å²) in [7, 11) is -0.732. The minimum atomic E-state index is -1.30. The summed E-state index contributed by atoms with van der Waals surface area (Å²) in [4.78, 5) is 36.2. The number of carbonyl (C=O) groups excluding carboxylic acids is 3. The van der Waals surface area contributed by atoms with Crippen LogP contribution in [0.2, 0.25) is 0 Å². The average molecular weight is 447 g/mol. The molecule has 0 aromatic heterocycles. The van der Waals surface area contributed by atoms with E-state index >= 15 is 0 Å². The third-order valence-electron chi connectivity index (χ3n) is 4.89. The Morgan fingerprint density at radius 1 is 1.29 bits per heavy atom. The van der Waals surface area contributed by atoms with Crippen LogP contribution in [0.15, 0.2) is 30.3 Å². The van der Waals surface area contributed by atoms with Gasteiger partial charge in [-0.05, 0) is 0 Å². The SMILES string of the molecule is CC(=O)OCC[C@@H]1[C@@H](C(C)C)C(=O)N1/[PH](=C\C(=O)OCc1ccccc1)[PH3][PH4]. The van der Waals surface area contributed by atoms with Crippen LogP contribution in [0.5, 0.6) is 0 Å². The van der Waals surface area contributed by atoms with Gasteiger partial charge in [-0.2, -0.15) is 0 Å². The van der Waals surface area contributed by atoms with E-state index in [-0.39, 0.29) is 42.3 Å². The predicted molar refractivity (Wildman–Crippen MR) is 124 cm³/mol. The van der Waals surface area contributed by atoms with Crippen molar-refractivity contribution in [2.45, 2.75) is 39.8 Å². The predicted octanol–water partition coefficient (Wildman–Crippen LogP) is 2.41. The Kier molecular flexibility index (Phi) is 9.15. The van der Waals surface area contributed by atoms with Crippen molar-refractivity contribution in [3.05, 3.63) is 35.9 Å². The topological polar surface area (TPSA) is 72.9 Å². The van der Waals surface area contributed by atoms with Crippen LogP contribution >= 0.6 is 24.3 Å². The Balaban J connectivity index is 2.05. The fourth-order valence-electron chi connectivity index (χ4n) is 3.53. The summed E-state index contributed by atoms with van der Waals surface area (Å²) in [6, 6.07) is 9.62. The Bertz CT molecular complexity index is 738. The van der Waals surface area contributed by atoms with E-state index in [4.69, 9.17) is 9.47 Å². The molecule has 0 spiro atoms. The van der Waals surface area contributed by atoms with Crippen molar-refractivity contribution in [3.8, 4) is 0 Å². The molecule has 3 atom stereocenters. The Morgan fingerprint density at radius 3 is 2.54 bits per heavy atom. The summed E-state index contributed by atoms with van der Waals surface area (Å²) < 4.78 is 12.4. The summed E-state index contributed by atoms with van der Waals surface area (Å²) in [6.45, 7) is 6.03. The van der Waals surface area contributed by atoms with Gasteiger partial charge in [-0.15, -0.1) is 0 Å². The van der Waals surface area contributed by atoms with E-state index < -0.39 is 15.3 Å². The molecule has 1 fully saturated rings. The number of esters is 2. The average Bonchev–Trinajstić information content (AvgIpc) is 2.65. The fourth-order valence-corrected chi connectivity index (χ4v) is 13.9. The molecule has 158 valence electrons. The number of hydrogen-bond acceptors (Lipinski definition) is 5. The first-order valence-electron chi connectivity index (χ1n) is 9.72. The van der Waals surface area contributed by atoms with Crippen LogP contribution in [-0.2, 0) is 30.5 Å². The molecule has 0 saturated carbocycles. The number of β-lactam (4-membered cyclic amide) rings is 1. The van der Waals surface area contributed by atoms with Gasteiger partial charge in [-0.25, -0.2) is 0 Å². The molecule has 1 aromatic carbocycles. The van der Waals surface area contributed by atoms with Gasteiger partial charge in [0, 0.05) is 0 Å². The van der Waals surface area contributed by atoms with Crippen LogP contribution in [0.25, 0.3) is 0 Å². The third-order valence-corrected chi connectivity index (χ3v) is 17.7. The van der Waals surface area contributed by atoms with Crippen LogP contribution in [0, 0.1) is 11.8 Å². The molecule has 0 aliphatic carbocycles. The van der Waals surface area contributed by atoms with Crippen molar-refractivity contribution in [2.75, 3.05) is 6.61 Å². The summed E-state index contributed by atoms with van der Waals surface area (Å²) in [5.74, 6) is 1.37. The van der Waals surface area contributed by atoms with Gasteiger partial charge in [0.05, 0.1) is 0 Å². The van der Waals surface area contributed by atoms with Crippen molar-refractivity contribution < 1.29 is 23.9 Å². The van der Waals surface area contributed by atoms with E-state index in [9.17, 15) is 14.4 Å². The molecule has 1 aliphatic heterocycles. The van der Waals surface area contributed by atoms with Gasteiger partial charge in [-0.1, -0.05) is 0 Å². The molecule has 1 amide bonds. The number of amides is 1. The number of hydrogen-bond donors (Lipinski definition) is 0. The quantitative estimate of drug-likeness (QED) is 0.330. The fraction of sp³-hybridized carbons (Fsp3) is 0.474. The van der Waals surface area contributed by atoms with Crippen molar-refractivity contribution in [2.24, 2.45) is 11.8 Å². The molecule has 2 rings (SSSR count). The number of nitrogens with zero attached hydrogens (tertiary/aromatic N) is 1. The number of carbonyl (C=O) groups is 3. The van der Waals surface area contributed by atoms with Gasteiger partial charge in [0.1, 0.15) is 0 Å². The van der Waals surface area contributed by atoms with Gasteiger partial charge < -0.3 is 0 Å². The molecule has 9 heteroatoms. The van der Waals surface area contributed by atoms with E-state index in [0.29, 0.717) is 13.0 Å². The van der Waals surface area contributed by atoms with Crippen molar-refractivity contribution in [1.82, 2.24) is 4.67 Å². The van der Waals surface area contributed by atoms with E-state index in [0.717, 1.165) is 14.5 Å². The second-order valence-corrected chi connectivity index (χ2v) is 20.4. The molecule has 1 aromatic rings.